The first-order chi connectivity index (χ1) is 6.56. The van der Waals surface area contributed by atoms with Gasteiger partial charge in [0, 0.05) is 17.0 Å². The highest BCUT2D eigenvalue weighted by Crippen LogP contribution is 2.16. The number of rotatable bonds is 4. The third kappa shape index (κ3) is 2.02. The maximum atomic E-state index is 10.7. The lowest BCUT2D eigenvalue weighted by atomic mass is 10.1. The minimum atomic E-state index is -0.829. The normalized spacial score (nSPS) is 10.1. The molecule has 0 aliphatic carbocycles. The monoisotopic (exact) mass is 195 g/mol. The Morgan fingerprint density at radius 1 is 1.50 bits per heavy atom. The van der Waals surface area contributed by atoms with E-state index in [0.29, 0.717) is 12.0 Å². The molecule has 76 valence electrons. The maximum absolute atomic E-state index is 10.7. The van der Waals surface area contributed by atoms with E-state index in [2.05, 4.69) is 4.98 Å². The molecule has 0 aliphatic heterocycles. The lowest BCUT2D eigenvalue weighted by Gasteiger charge is -1.96. The molecule has 1 aromatic heterocycles. The van der Waals surface area contributed by atoms with Crippen molar-refractivity contribution in [3.8, 4) is 0 Å². The third-order valence-electron chi connectivity index (χ3n) is 2.31. The van der Waals surface area contributed by atoms with Gasteiger partial charge >= 0.3 is 5.97 Å². The molecule has 0 saturated carbocycles. The molecule has 0 atom stereocenters. The second kappa shape index (κ2) is 4.09. The zero-order chi connectivity index (χ0) is 10.7. The highest BCUT2D eigenvalue weighted by Gasteiger charge is 2.11. The maximum Gasteiger partial charge on any atom is 0.303 e. The van der Waals surface area contributed by atoms with Crippen molar-refractivity contribution in [2.24, 2.45) is 0 Å². The second-order valence-electron chi connectivity index (χ2n) is 3.28. The fourth-order valence-corrected chi connectivity index (χ4v) is 1.49. The smallest absolute Gasteiger partial charge is 0.303 e. The van der Waals surface area contributed by atoms with Crippen LogP contribution in [0.3, 0.4) is 0 Å². The molecular weight excluding hydrogens is 182 g/mol. The molecule has 1 aromatic rings. The Hall–Kier alpha value is -1.58. The molecule has 0 spiro atoms. The van der Waals surface area contributed by atoms with Crippen LogP contribution < -0.4 is 0 Å². The fraction of sp³-hybridized carbons (Fsp3) is 0.400. The van der Waals surface area contributed by atoms with Gasteiger partial charge in [-0.2, -0.15) is 0 Å². The standard InChI is InChI=1S/C10H13NO3/c1-6-8(5-12)7(2)11-9(6)3-4-10(13)14/h5,11H,3-4H2,1-2H3,(H,13,14). The van der Waals surface area contributed by atoms with Crippen molar-refractivity contribution in [2.45, 2.75) is 26.7 Å². The van der Waals surface area contributed by atoms with E-state index in [1.807, 2.05) is 6.92 Å². The van der Waals surface area contributed by atoms with E-state index < -0.39 is 5.97 Å². The largest absolute Gasteiger partial charge is 0.481 e. The number of aryl methyl sites for hydroxylation is 2. The van der Waals surface area contributed by atoms with Crippen LogP contribution >= 0.6 is 0 Å². The van der Waals surface area contributed by atoms with Gasteiger partial charge in [0.15, 0.2) is 6.29 Å². The molecule has 0 aromatic carbocycles. The molecule has 1 heterocycles. The number of aromatic amines is 1. The molecular formula is C10H13NO3. The summed E-state index contributed by atoms with van der Waals surface area (Å²) in [4.78, 5) is 24.0. The number of aromatic nitrogens is 1. The minimum absolute atomic E-state index is 0.0824. The molecule has 4 nitrogen and oxygen atoms in total. The number of aliphatic carboxylic acids is 1. The van der Waals surface area contributed by atoms with Gasteiger partial charge in [0.25, 0.3) is 0 Å². The van der Waals surface area contributed by atoms with Crippen molar-refractivity contribution in [2.75, 3.05) is 0 Å². The number of hydrogen-bond acceptors (Lipinski definition) is 2. The van der Waals surface area contributed by atoms with E-state index in [1.54, 1.807) is 6.92 Å². The van der Waals surface area contributed by atoms with Crippen LogP contribution in [-0.2, 0) is 11.2 Å². The van der Waals surface area contributed by atoms with Crippen molar-refractivity contribution in [1.29, 1.82) is 0 Å². The van der Waals surface area contributed by atoms with Gasteiger partial charge in [-0.05, 0) is 25.8 Å². The molecule has 0 amide bonds. The van der Waals surface area contributed by atoms with Gasteiger partial charge in [-0.3, -0.25) is 9.59 Å². The van der Waals surface area contributed by atoms with Gasteiger partial charge < -0.3 is 10.1 Å². The third-order valence-corrected chi connectivity index (χ3v) is 2.31. The molecule has 0 fully saturated rings. The van der Waals surface area contributed by atoms with Crippen LogP contribution in [0.5, 0.6) is 0 Å². The zero-order valence-corrected chi connectivity index (χ0v) is 8.26. The lowest BCUT2D eigenvalue weighted by molar-refractivity contribution is -0.136. The SMILES string of the molecule is Cc1[nH]c(CCC(=O)O)c(C)c1C=O. The summed E-state index contributed by atoms with van der Waals surface area (Å²) in [6.07, 6.45) is 1.32. The van der Waals surface area contributed by atoms with E-state index in [0.717, 1.165) is 23.2 Å². The molecule has 0 radical (unpaired) electrons. The Bertz CT molecular complexity index is 366. The summed E-state index contributed by atoms with van der Waals surface area (Å²) < 4.78 is 0. The molecule has 14 heavy (non-hydrogen) atoms. The fourth-order valence-electron chi connectivity index (χ4n) is 1.49. The molecule has 0 unspecified atom stereocenters. The topological polar surface area (TPSA) is 70.2 Å². The summed E-state index contributed by atoms with van der Waals surface area (Å²) in [5, 5.41) is 8.52. The molecule has 2 N–H and O–H groups in total. The summed E-state index contributed by atoms with van der Waals surface area (Å²) in [7, 11) is 0. The van der Waals surface area contributed by atoms with Gasteiger partial charge in [-0.1, -0.05) is 0 Å². The van der Waals surface area contributed by atoms with Crippen LogP contribution in [0.4, 0.5) is 0 Å². The first kappa shape index (κ1) is 10.5. The summed E-state index contributed by atoms with van der Waals surface area (Å²) in [5.74, 6) is -0.829. The molecule has 0 bridgehead atoms. The van der Waals surface area contributed by atoms with E-state index in [4.69, 9.17) is 5.11 Å². The van der Waals surface area contributed by atoms with Crippen molar-refractivity contribution >= 4 is 12.3 Å². The van der Waals surface area contributed by atoms with Crippen molar-refractivity contribution in [1.82, 2.24) is 4.98 Å². The number of carboxylic acid groups (broad SMARTS) is 1. The Morgan fingerprint density at radius 3 is 2.57 bits per heavy atom. The number of carbonyl (C=O) groups is 2. The van der Waals surface area contributed by atoms with Crippen LogP contribution in [0.1, 0.15) is 33.7 Å². The van der Waals surface area contributed by atoms with Gasteiger partial charge in [0.1, 0.15) is 0 Å². The Morgan fingerprint density at radius 2 is 2.14 bits per heavy atom. The lowest BCUT2D eigenvalue weighted by Crippen LogP contribution is -1.98. The predicted octanol–water partition coefficient (Wildman–Crippen LogP) is 1.46. The van der Waals surface area contributed by atoms with E-state index in [1.165, 1.54) is 0 Å². The van der Waals surface area contributed by atoms with Crippen LogP contribution in [-0.4, -0.2) is 22.3 Å². The number of nitrogens with one attached hydrogen (secondary N) is 1. The van der Waals surface area contributed by atoms with Crippen molar-refractivity contribution in [3.63, 3.8) is 0 Å². The Kier molecular flexibility index (Phi) is 3.06. The van der Waals surface area contributed by atoms with E-state index >= 15 is 0 Å². The summed E-state index contributed by atoms with van der Waals surface area (Å²) >= 11 is 0. The van der Waals surface area contributed by atoms with Crippen LogP contribution in [0.15, 0.2) is 0 Å². The van der Waals surface area contributed by atoms with E-state index in [9.17, 15) is 9.59 Å². The molecule has 1 rings (SSSR count). The van der Waals surface area contributed by atoms with Crippen molar-refractivity contribution in [3.05, 3.63) is 22.5 Å². The zero-order valence-electron chi connectivity index (χ0n) is 8.26. The number of hydrogen-bond donors (Lipinski definition) is 2. The highest BCUT2D eigenvalue weighted by atomic mass is 16.4. The van der Waals surface area contributed by atoms with Gasteiger partial charge in [0.05, 0.1) is 6.42 Å². The summed E-state index contributed by atoms with van der Waals surface area (Å²) in [6.45, 7) is 3.63. The number of carboxylic acids is 1. The quantitative estimate of drug-likeness (QED) is 0.714. The Balaban J connectivity index is 2.88. The number of carbonyl (C=O) groups excluding carboxylic acids is 1. The average molecular weight is 195 g/mol. The van der Waals surface area contributed by atoms with Crippen molar-refractivity contribution < 1.29 is 14.7 Å². The van der Waals surface area contributed by atoms with Gasteiger partial charge in [-0.25, -0.2) is 0 Å². The molecule has 0 saturated heterocycles. The minimum Gasteiger partial charge on any atom is -0.481 e. The summed E-state index contributed by atoms with van der Waals surface area (Å²) in [5.41, 5.74) is 3.15. The predicted molar refractivity (Wildman–Crippen MR) is 51.6 cm³/mol. The van der Waals surface area contributed by atoms with Gasteiger partial charge in [-0.15, -0.1) is 0 Å². The van der Waals surface area contributed by atoms with E-state index in [-0.39, 0.29) is 6.42 Å². The number of aldehydes is 1. The average Bonchev–Trinajstić information content (AvgIpc) is 2.38. The van der Waals surface area contributed by atoms with Gasteiger partial charge in [0.2, 0.25) is 0 Å². The van der Waals surface area contributed by atoms with Crippen LogP contribution in [0.25, 0.3) is 0 Å². The highest BCUT2D eigenvalue weighted by molar-refractivity contribution is 5.79. The van der Waals surface area contributed by atoms with Crippen LogP contribution in [0.2, 0.25) is 0 Å². The second-order valence-corrected chi connectivity index (χ2v) is 3.28. The first-order valence-electron chi connectivity index (χ1n) is 4.41. The molecule has 0 aliphatic rings. The summed E-state index contributed by atoms with van der Waals surface area (Å²) in [6, 6.07) is 0. The number of H-pyrrole nitrogens is 1. The first-order valence-corrected chi connectivity index (χ1v) is 4.41. The Labute approximate surface area is 81.9 Å². The van der Waals surface area contributed by atoms with Crippen LogP contribution in [0, 0.1) is 13.8 Å². The molecule has 4 heteroatoms.